The number of rotatable bonds is 2. The molecule has 19 heavy (non-hydrogen) atoms. The van der Waals surface area contributed by atoms with E-state index in [2.05, 4.69) is 11.4 Å². The summed E-state index contributed by atoms with van der Waals surface area (Å²) in [5.41, 5.74) is 2.31. The van der Waals surface area contributed by atoms with Crippen molar-refractivity contribution in [1.82, 2.24) is 4.90 Å². The highest BCUT2D eigenvalue weighted by atomic mass is 16.5. The lowest BCUT2D eigenvalue weighted by Crippen LogP contribution is -2.47. The molecule has 1 aromatic rings. The van der Waals surface area contributed by atoms with Gasteiger partial charge < -0.3 is 15.0 Å². The number of nitrogens with zero attached hydrogens (tertiary/aromatic N) is 1. The quantitative estimate of drug-likeness (QED) is 0.879. The molecule has 0 saturated carbocycles. The maximum Gasteiger partial charge on any atom is 0.245 e. The Bertz CT molecular complexity index is 464. The molecule has 3 unspecified atom stereocenters. The molecule has 0 bridgehead atoms. The highest BCUT2D eigenvalue weighted by Crippen LogP contribution is 2.27. The lowest BCUT2D eigenvalue weighted by molar-refractivity contribution is -0.133. The fourth-order valence-electron chi connectivity index (χ4n) is 3.09. The Balaban J connectivity index is 1.69. The molecule has 2 heterocycles. The Kier molecular flexibility index (Phi) is 3.19. The van der Waals surface area contributed by atoms with Gasteiger partial charge in [0.1, 0.15) is 6.04 Å². The molecule has 102 valence electrons. The molecule has 2 aliphatic rings. The second kappa shape index (κ2) is 4.85. The predicted molar refractivity (Wildman–Crippen MR) is 74.1 cm³/mol. The summed E-state index contributed by atoms with van der Waals surface area (Å²) in [6.07, 6.45) is 1.85. The molecule has 2 aliphatic heterocycles. The third kappa shape index (κ3) is 2.21. The molecule has 1 aromatic carbocycles. The fourth-order valence-corrected chi connectivity index (χ4v) is 3.09. The minimum atomic E-state index is -0.129. The molecule has 1 amide bonds. The van der Waals surface area contributed by atoms with E-state index in [1.807, 2.05) is 37.1 Å². The van der Waals surface area contributed by atoms with E-state index in [1.54, 1.807) is 0 Å². The van der Waals surface area contributed by atoms with Gasteiger partial charge in [-0.2, -0.15) is 0 Å². The average molecular weight is 260 g/mol. The van der Waals surface area contributed by atoms with Crippen LogP contribution in [0.3, 0.4) is 0 Å². The van der Waals surface area contributed by atoms with Crippen LogP contribution >= 0.6 is 0 Å². The van der Waals surface area contributed by atoms with Gasteiger partial charge in [0.05, 0.1) is 12.1 Å². The highest BCUT2D eigenvalue weighted by Gasteiger charge is 2.35. The van der Waals surface area contributed by atoms with Gasteiger partial charge in [0.25, 0.3) is 0 Å². The van der Waals surface area contributed by atoms with Gasteiger partial charge in [0.2, 0.25) is 5.91 Å². The summed E-state index contributed by atoms with van der Waals surface area (Å²) < 4.78 is 5.55. The molecule has 1 N–H and O–H groups in total. The van der Waals surface area contributed by atoms with Crippen LogP contribution in [0.2, 0.25) is 0 Å². The topological polar surface area (TPSA) is 41.6 Å². The summed E-state index contributed by atoms with van der Waals surface area (Å²) in [7, 11) is 1.89. The summed E-state index contributed by atoms with van der Waals surface area (Å²) >= 11 is 0. The summed E-state index contributed by atoms with van der Waals surface area (Å²) in [4.78, 5) is 14.4. The Labute approximate surface area is 113 Å². The third-order valence-electron chi connectivity index (χ3n) is 4.25. The monoisotopic (exact) mass is 260 g/mol. The predicted octanol–water partition coefficient (Wildman–Crippen LogP) is 1.66. The minimum Gasteiger partial charge on any atom is -0.376 e. The van der Waals surface area contributed by atoms with Gasteiger partial charge in [0, 0.05) is 25.8 Å². The zero-order chi connectivity index (χ0) is 13.4. The van der Waals surface area contributed by atoms with Crippen LogP contribution in [0.1, 0.15) is 18.9 Å². The minimum absolute atomic E-state index is 0.129. The van der Waals surface area contributed by atoms with E-state index in [1.165, 1.54) is 5.56 Å². The maximum absolute atomic E-state index is 12.6. The Morgan fingerprint density at radius 3 is 2.89 bits per heavy atom. The molecule has 1 saturated heterocycles. The van der Waals surface area contributed by atoms with Gasteiger partial charge >= 0.3 is 0 Å². The fraction of sp³-hybridized carbons (Fsp3) is 0.533. The van der Waals surface area contributed by atoms with Crippen LogP contribution in [0.15, 0.2) is 24.3 Å². The van der Waals surface area contributed by atoms with Crippen LogP contribution in [0.5, 0.6) is 0 Å². The molecule has 0 aromatic heterocycles. The second-order valence-corrected chi connectivity index (χ2v) is 5.44. The van der Waals surface area contributed by atoms with E-state index in [-0.39, 0.29) is 24.1 Å². The summed E-state index contributed by atoms with van der Waals surface area (Å²) in [6.45, 7) is 2.79. The third-order valence-corrected chi connectivity index (χ3v) is 4.25. The Morgan fingerprint density at radius 2 is 2.21 bits per heavy atom. The van der Waals surface area contributed by atoms with Crippen molar-refractivity contribution in [2.75, 3.05) is 19.0 Å². The summed E-state index contributed by atoms with van der Waals surface area (Å²) in [5, 5.41) is 3.32. The molecular weight excluding hydrogens is 240 g/mol. The maximum atomic E-state index is 12.6. The SMILES string of the molecule is CC1OCCC1N(C)C(=O)C1Cc2ccccc2N1. The zero-order valence-corrected chi connectivity index (χ0v) is 11.4. The zero-order valence-electron chi connectivity index (χ0n) is 11.4. The van der Waals surface area contributed by atoms with Crippen LogP contribution in [0.25, 0.3) is 0 Å². The van der Waals surface area contributed by atoms with Crippen LogP contribution in [-0.4, -0.2) is 42.6 Å². The number of hydrogen-bond acceptors (Lipinski definition) is 3. The van der Waals surface area contributed by atoms with Gasteiger partial charge in [-0.3, -0.25) is 4.79 Å². The van der Waals surface area contributed by atoms with Gasteiger partial charge in [0.15, 0.2) is 0 Å². The van der Waals surface area contributed by atoms with Crippen LogP contribution < -0.4 is 5.32 Å². The van der Waals surface area contributed by atoms with E-state index in [0.29, 0.717) is 0 Å². The first-order chi connectivity index (χ1) is 9.16. The smallest absolute Gasteiger partial charge is 0.245 e. The molecule has 3 atom stereocenters. The molecule has 3 rings (SSSR count). The standard InChI is InChI=1S/C15H20N2O2/c1-10-14(7-8-19-10)17(2)15(18)13-9-11-5-3-4-6-12(11)16-13/h3-6,10,13-14,16H,7-9H2,1-2H3. The second-order valence-electron chi connectivity index (χ2n) is 5.44. The van der Waals surface area contributed by atoms with Gasteiger partial charge in [-0.15, -0.1) is 0 Å². The largest absolute Gasteiger partial charge is 0.376 e. The number of para-hydroxylation sites is 1. The lowest BCUT2D eigenvalue weighted by Gasteiger charge is -2.29. The van der Waals surface area contributed by atoms with Crippen molar-refractivity contribution in [3.63, 3.8) is 0 Å². The molecular formula is C15H20N2O2. The van der Waals surface area contributed by atoms with Gasteiger partial charge in [-0.05, 0) is 25.0 Å². The number of nitrogens with one attached hydrogen (secondary N) is 1. The first kappa shape index (κ1) is 12.5. The van der Waals surface area contributed by atoms with Crippen LogP contribution in [0, 0.1) is 0 Å². The van der Waals surface area contributed by atoms with Gasteiger partial charge in [-0.25, -0.2) is 0 Å². The van der Waals surface area contributed by atoms with Crippen LogP contribution in [-0.2, 0) is 16.0 Å². The number of carbonyl (C=O) groups excluding carboxylic acids is 1. The number of benzene rings is 1. The number of hydrogen-bond donors (Lipinski definition) is 1. The first-order valence-corrected chi connectivity index (χ1v) is 6.89. The van der Waals surface area contributed by atoms with Crippen molar-refractivity contribution >= 4 is 11.6 Å². The molecule has 0 spiro atoms. The molecule has 1 fully saturated rings. The van der Waals surface area contributed by atoms with E-state index in [0.717, 1.165) is 25.1 Å². The molecule has 4 nitrogen and oxygen atoms in total. The van der Waals surface area contributed by atoms with E-state index in [9.17, 15) is 4.79 Å². The highest BCUT2D eigenvalue weighted by molar-refractivity contribution is 5.87. The van der Waals surface area contributed by atoms with Crippen molar-refractivity contribution in [2.24, 2.45) is 0 Å². The van der Waals surface area contributed by atoms with E-state index in [4.69, 9.17) is 4.74 Å². The number of ether oxygens (including phenoxy) is 1. The molecule has 0 radical (unpaired) electrons. The Hall–Kier alpha value is -1.55. The van der Waals surface area contributed by atoms with Crippen molar-refractivity contribution in [2.45, 2.75) is 38.0 Å². The number of anilines is 1. The van der Waals surface area contributed by atoms with Crippen molar-refractivity contribution in [3.8, 4) is 0 Å². The van der Waals surface area contributed by atoms with Crippen molar-refractivity contribution < 1.29 is 9.53 Å². The number of likely N-dealkylation sites (N-methyl/N-ethyl adjacent to an activating group) is 1. The molecule has 0 aliphatic carbocycles. The van der Waals surface area contributed by atoms with E-state index >= 15 is 0 Å². The van der Waals surface area contributed by atoms with E-state index < -0.39 is 0 Å². The van der Waals surface area contributed by atoms with Crippen molar-refractivity contribution in [1.29, 1.82) is 0 Å². The Morgan fingerprint density at radius 1 is 1.42 bits per heavy atom. The summed E-state index contributed by atoms with van der Waals surface area (Å²) in [6, 6.07) is 8.20. The molecule has 4 heteroatoms. The number of fused-ring (bicyclic) bond motifs is 1. The lowest BCUT2D eigenvalue weighted by atomic mass is 10.1. The normalized spacial score (nSPS) is 28.8. The van der Waals surface area contributed by atoms with Crippen LogP contribution in [0.4, 0.5) is 5.69 Å². The summed E-state index contributed by atoms with van der Waals surface area (Å²) in [5.74, 6) is 0.165. The number of amides is 1. The average Bonchev–Trinajstić information content (AvgIpc) is 3.02. The number of carbonyl (C=O) groups is 1. The van der Waals surface area contributed by atoms with Gasteiger partial charge in [-0.1, -0.05) is 18.2 Å². The van der Waals surface area contributed by atoms with Crippen molar-refractivity contribution in [3.05, 3.63) is 29.8 Å². The first-order valence-electron chi connectivity index (χ1n) is 6.89.